The summed E-state index contributed by atoms with van der Waals surface area (Å²) in [6, 6.07) is 11.6. The lowest BCUT2D eigenvalue weighted by atomic mass is 9.93. The van der Waals surface area contributed by atoms with Gasteiger partial charge in [-0.25, -0.2) is 9.97 Å². The first kappa shape index (κ1) is 28.2. The molecule has 0 unspecified atom stereocenters. The van der Waals surface area contributed by atoms with Crippen molar-refractivity contribution in [3.8, 4) is 17.1 Å². The maximum Gasteiger partial charge on any atom is 0.275 e. The molecule has 11 nitrogen and oxygen atoms in total. The van der Waals surface area contributed by atoms with E-state index in [-0.39, 0.29) is 24.1 Å². The van der Waals surface area contributed by atoms with Crippen molar-refractivity contribution in [3.05, 3.63) is 71.9 Å². The van der Waals surface area contributed by atoms with Crippen LogP contribution in [0.5, 0.6) is 0 Å². The van der Waals surface area contributed by atoms with E-state index in [1.807, 2.05) is 31.2 Å². The predicted octanol–water partition coefficient (Wildman–Crippen LogP) is 3.76. The Morgan fingerprint density at radius 1 is 1.10 bits per heavy atom. The van der Waals surface area contributed by atoms with Crippen LogP contribution in [0.15, 0.2) is 55.0 Å². The Bertz CT molecular complexity index is 1510. The summed E-state index contributed by atoms with van der Waals surface area (Å²) in [5.74, 6) is 1.08. The molecule has 1 aliphatic heterocycles. The van der Waals surface area contributed by atoms with Gasteiger partial charge in [0.2, 0.25) is 5.91 Å². The van der Waals surface area contributed by atoms with Crippen LogP contribution in [0.25, 0.3) is 17.1 Å². The number of hydrogen-bond donors (Lipinski definition) is 1. The first-order valence-electron chi connectivity index (χ1n) is 14.0. The highest BCUT2D eigenvalue weighted by Gasteiger charge is 2.26. The normalized spacial score (nSPS) is 14.4. The molecule has 0 aromatic carbocycles. The van der Waals surface area contributed by atoms with Gasteiger partial charge in [0, 0.05) is 50.1 Å². The molecule has 0 radical (unpaired) electrons. The number of amides is 2. The molecule has 1 saturated heterocycles. The average Bonchev–Trinajstić information content (AvgIpc) is 3.61. The number of piperidine rings is 1. The fourth-order valence-electron chi connectivity index (χ4n) is 4.92. The molecule has 5 heterocycles. The van der Waals surface area contributed by atoms with Gasteiger partial charge in [0.25, 0.3) is 5.91 Å². The number of nitrogens with one attached hydrogen (secondary N) is 1. The second-order valence-electron chi connectivity index (χ2n) is 11.0. The Morgan fingerprint density at radius 3 is 2.56 bits per heavy atom. The molecule has 0 saturated carbocycles. The largest absolute Gasteiger partial charge is 0.347 e. The second-order valence-corrected chi connectivity index (χ2v) is 11.0. The number of likely N-dealkylation sites (tertiary alicyclic amines) is 1. The number of nitrogens with zero attached hydrogens (tertiary/aromatic N) is 8. The molecule has 2 amide bonds. The van der Waals surface area contributed by atoms with Crippen molar-refractivity contribution in [2.75, 3.05) is 32.5 Å². The fraction of sp³-hybridized carbons (Fsp3) is 0.400. The van der Waals surface area contributed by atoms with Gasteiger partial charge in [0.05, 0.1) is 17.6 Å². The van der Waals surface area contributed by atoms with E-state index in [1.54, 1.807) is 54.2 Å². The number of rotatable bonds is 8. The van der Waals surface area contributed by atoms with Crippen molar-refractivity contribution in [1.29, 1.82) is 0 Å². The topological polar surface area (TPSA) is 114 Å². The fourth-order valence-corrected chi connectivity index (χ4v) is 4.92. The lowest BCUT2D eigenvalue weighted by Crippen LogP contribution is -2.37. The quantitative estimate of drug-likeness (QED) is 0.352. The number of aromatic nitrogens is 6. The third-order valence-corrected chi connectivity index (χ3v) is 7.47. The average molecular weight is 556 g/mol. The van der Waals surface area contributed by atoms with Crippen LogP contribution in [0, 0.1) is 6.92 Å². The highest BCUT2D eigenvalue weighted by atomic mass is 16.2. The lowest BCUT2D eigenvalue weighted by molar-refractivity contribution is -0.129. The van der Waals surface area contributed by atoms with E-state index >= 15 is 0 Å². The summed E-state index contributed by atoms with van der Waals surface area (Å²) in [6.07, 6.45) is 7.21. The Labute approximate surface area is 240 Å². The summed E-state index contributed by atoms with van der Waals surface area (Å²) >= 11 is 0. The van der Waals surface area contributed by atoms with Gasteiger partial charge >= 0.3 is 0 Å². The standard InChI is InChI=1S/C30H37N9O2/c1-20(2)37-13-11-22(12-14-37)26-15-28(39(35-26)27-10-9-21(3)16-31-27)34-30(41)25-8-6-7-24(33-25)23-17-32-38(18-23)19-29(40)36(4)5/h6-10,15-18,20,22H,11-14,19H2,1-5H3,(H,34,41). The third kappa shape index (κ3) is 6.51. The van der Waals surface area contributed by atoms with E-state index in [9.17, 15) is 9.59 Å². The number of anilines is 1. The molecule has 11 heteroatoms. The lowest BCUT2D eigenvalue weighted by Gasteiger charge is -2.33. The Morgan fingerprint density at radius 2 is 1.88 bits per heavy atom. The van der Waals surface area contributed by atoms with Crippen molar-refractivity contribution < 1.29 is 9.59 Å². The third-order valence-electron chi connectivity index (χ3n) is 7.47. The maximum absolute atomic E-state index is 13.5. The molecule has 0 spiro atoms. The van der Waals surface area contributed by atoms with Gasteiger partial charge in [-0.3, -0.25) is 14.3 Å². The molecular formula is C30H37N9O2. The van der Waals surface area contributed by atoms with Gasteiger partial charge in [-0.2, -0.15) is 14.9 Å². The minimum absolute atomic E-state index is 0.0646. The number of hydrogen-bond acceptors (Lipinski definition) is 7. The summed E-state index contributed by atoms with van der Waals surface area (Å²) in [6.45, 7) is 8.62. The van der Waals surface area contributed by atoms with E-state index in [0.29, 0.717) is 29.3 Å². The molecule has 1 fully saturated rings. The van der Waals surface area contributed by atoms with Crippen LogP contribution in [0.4, 0.5) is 5.82 Å². The van der Waals surface area contributed by atoms with E-state index in [4.69, 9.17) is 5.10 Å². The minimum atomic E-state index is -0.350. The molecular weight excluding hydrogens is 518 g/mol. The smallest absolute Gasteiger partial charge is 0.275 e. The molecule has 0 atom stereocenters. The van der Waals surface area contributed by atoms with Crippen LogP contribution >= 0.6 is 0 Å². The van der Waals surface area contributed by atoms with Gasteiger partial charge < -0.3 is 15.1 Å². The Kier molecular flexibility index (Phi) is 8.25. The molecule has 4 aromatic rings. The van der Waals surface area contributed by atoms with Crippen LogP contribution in [-0.2, 0) is 11.3 Å². The van der Waals surface area contributed by atoms with Gasteiger partial charge in [-0.15, -0.1) is 0 Å². The van der Waals surface area contributed by atoms with Gasteiger partial charge in [-0.1, -0.05) is 12.1 Å². The van der Waals surface area contributed by atoms with Crippen LogP contribution in [-0.4, -0.2) is 84.4 Å². The van der Waals surface area contributed by atoms with Gasteiger partial charge in [0.1, 0.15) is 18.1 Å². The van der Waals surface area contributed by atoms with Crippen molar-refractivity contribution >= 4 is 17.6 Å². The molecule has 214 valence electrons. The Balaban J connectivity index is 1.38. The van der Waals surface area contributed by atoms with E-state index in [2.05, 4.69) is 39.1 Å². The van der Waals surface area contributed by atoms with Crippen molar-refractivity contribution in [2.45, 2.75) is 52.1 Å². The van der Waals surface area contributed by atoms with E-state index in [1.165, 1.54) is 4.90 Å². The summed E-state index contributed by atoms with van der Waals surface area (Å²) < 4.78 is 3.27. The first-order valence-corrected chi connectivity index (χ1v) is 14.0. The molecule has 0 aliphatic carbocycles. The number of carbonyl (C=O) groups is 2. The second kappa shape index (κ2) is 12.0. The van der Waals surface area contributed by atoms with E-state index in [0.717, 1.165) is 42.8 Å². The van der Waals surface area contributed by atoms with Gasteiger partial charge in [-0.05, 0) is 70.5 Å². The maximum atomic E-state index is 13.5. The van der Waals surface area contributed by atoms with Crippen LogP contribution in [0.2, 0.25) is 0 Å². The summed E-state index contributed by atoms with van der Waals surface area (Å²) in [5, 5.41) is 12.2. The van der Waals surface area contributed by atoms with Crippen LogP contribution in [0.3, 0.4) is 0 Å². The SMILES string of the molecule is Cc1ccc(-n2nc(C3CCN(C(C)C)CC3)cc2NC(=O)c2cccc(-c3cnn(CC(=O)N(C)C)c3)n2)nc1. The summed E-state index contributed by atoms with van der Waals surface area (Å²) in [5.41, 5.74) is 3.56. The summed E-state index contributed by atoms with van der Waals surface area (Å²) in [4.78, 5) is 38.7. The molecule has 1 N–H and O–H groups in total. The predicted molar refractivity (Wildman–Crippen MR) is 157 cm³/mol. The van der Waals surface area contributed by atoms with Crippen molar-refractivity contribution in [3.63, 3.8) is 0 Å². The first-order chi connectivity index (χ1) is 19.7. The van der Waals surface area contributed by atoms with Crippen molar-refractivity contribution in [2.24, 2.45) is 0 Å². The molecule has 41 heavy (non-hydrogen) atoms. The highest BCUT2D eigenvalue weighted by molar-refractivity contribution is 6.02. The van der Waals surface area contributed by atoms with Gasteiger partial charge in [0.15, 0.2) is 5.82 Å². The molecule has 4 aromatic heterocycles. The number of aryl methyl sites for hydroxylation is 1. The number of pyridine rings is 2. The number of carbonyl (C=O) groups excluding carboxylic acids is 2. The molecule has 1 aliphatic rings. The minimum Gasteiger partial charge on any atom is -0.347 e. The van der Waals surface area contributed by atoms with Crippen LogP contribution in [0.1, 0.15) is 54.4 Å². The monoisotopic (exact) mass is 555 g/mol. The zero-order valence-corrected chi connectivity index (χ0v) is 24.3. The zero-order chi connectivity index (χ0) is 29.1. The molecule has 5 rings (SSSR count). The zero-order valence-electron chi connectivity index (χ0n) is 24.3. The Hall–Kier alpha value is -4.38. The molecule has 0 bridgehead atoms. The highest BCUT2D eigenvalue weighted by Crippen LogP contribution is 2.31. The van der Waals surface area contributed by atoms with E-state index < -0.39 is 0 Å². The van der Waals surface area contributed by atoms with Crippen LogP contribution < -0.4 is 5.32 Å². The van der Waals surface area contributed by atoms with Crippen molar-refractivity contribution in [1.82, 2.24) is 39.3 Å². The summed E-state index contributed by atoms with van der Waals surface area (Å²) in [7, 11) is 3.41. The number of likely N-dealkylation sites (N-methyl/N-ethyl adjacent to an activating group) is 1.